The van der Waals surface area contributed by atoms with Crippen molar-refractivity contribution in [2.24, 2.45) is 0 Å². The number of ether oxygens (including phenoxy) is 1. The standard InChI is InChI=1S/C15H20N2O4/c18-10-9-17-8-4-7-13(14(17)19)16-15(20)21-11-12-5-2-1-3-6-12/h1-3,5-6,13,18H,4,7-11H2,(H,16,20). The summed E-state index contributed by atoms with van der Waals surface area (Å²) in [5.41, 5.74) is 0.893. The highest BCUT2D eigenvalue weighted by atomic mass is 16.5. The number of hydrogen-bond donors (Lipinski definition) is 2. The van der Waals surface area contributed by atoms with Crippen LogP contribution in [0.1, 0.15) is 18.4 Å². The highest BCUT2D eigenvalue weighted by molar-refractivity contribution is 5.86. The average Bonchev–Trinajstić information content (AvgIpc) is 2.50. The summed E-state index contributed by atoms with van der Waals surface area (Å²) in [6, 6.07) is 8.79. The fourth-order valence-corrected chi connectivity index (χ4v) is 2.32. The summed E-state index contributed by atoms with van der Waals surface area (Å²) in [5.74, 6) is -0.160. The fraction of sp³-hybridized carbons (Fsp3) is 0.467. The smallest absolute Gasteiger partial charge is 0.408 e. The molecule has 0 saturated carbocycles. The summed E-state index contributed by atoms with van der Waals surface area (Å²) in [6.45, 7) is 1.03. The van der Waals surface area contributed by atoms with Gasteiger partial charge < -0.3 is 20.1 Å². The Morgan fingerprint density at radius 2 is 2.14 bits per heavy atom. The van der Waals surface area contributed by atoms with Gasteiger partial charge in [0.1, 0.15) is 12.6 Å². The molecule has 1 aliphatic heterocycles. The average molecular weight is 292 g/mol. The van der Waals surface area contributed by atoms with Gasteiger partial charge in [-0.05, 0) is 18.4 Å². The summed E-state index contributed by atoms with van der Waals surface area (Å²) in [4.78, 5) is 25.4. The van der Waals surface area contributed by atoms with E-state index in [1.807, 2.05) is 30.3 Å². The maximum Gasteiger partial charge on any atom is 0.408 e. The van der Waals surface area contributed by atoms with E-state index in [2.05, 4.69) is 5.32 Å². The first-order valence-corrected chi connectivity index (χ1v) is 7.07. The van der Waals surface area contributed by atoms with Crippen LogP contribution in [0, 0.1) is 0 Å². The van der Waals surface area contributed by atoms with E-state index in [1.165, 1.54) is 0 Å². The van der Waals surface area contributed by atoms with E-state index in [0.29, 0.717) is 19.5 Å². The number of β-amino-alcohol motifs (C(OH)–C–C–N with tert-alkyl or cyclic N) is 1. The Morgan fingerprint density at radius 3 is 2.86 bits per heavy atom. The summed E-state index contributed by atoms with van der Waals surface area (Å²) in [7, 11) is 0. The topological polar surface area (TPSA) is 78.9 Å². The number of aliphatic hydroxyl groups is 1. The number of nitrogens with zero attached hydrogens (tertiary/aromatic N) is 1. The van der Waals surface area contributed by atoms with Crippen LogP contribution < -0.4 is 5.32 Å². The van der Waals surface area contributed by atoms with Crippen molar-refractivity contribution in [2.45, 2.75) is 25.5 Å². The van der Waals surface area contributed by atoms with Crippen molar-refractivity contribution in [3.05, 3.63) is 35.9 Å². The summed E-state index contributed by atoms with van der Waals surface area (Å²) < 4.78 is 5.10. The van der Waals surface area contributed by atoms with Crippen LogP contribution in [0.25, 0.3) is 0 Å². The number of aliphatic hydroxyl groups excluding tert-OH is 1. The monoisotopic (exact) mass is 292 g/mol. The summed E-state index contributed by atoms with van der Waals surface area (Å²) in [5, 5.41) is 11.5. The number of nitrogens with one attached hydrogen (secondary N) is 1. The Kier molecular flexibility index (Phi) is 5.57. The van der Waals surface area contributed by atoms with Crippen LogP contribution in [-0.2, 0) is 16.1 Å². The zero-order valence-electron chi connectivity index (χ0n) is 11.8. The van der Waals surface area contributed by atoms with Crippen LogP contribution in [0.2, 0.25) is 0 Å². The van der Waals surface area contributed by atoms with E-state index in [-0.39, 0.29) is 19.1 Å². The number of alkyl carbamates (subject to hydrolysis) is 1. The number of hydrogen-bond acceptors (Lipinski definition) is 4. The Hall–Kier alpha value is -2.08. The fourth-order valence-electron chi connectivity index (χ4n) is 2.32. The molecule has 1 fully saturated rings. The number of benzene rings is 1. The minimum atomic E-state index is -0.594. The van der Waals surface area contributed by atoms with Crippen LogP contribution in [0.3, 0.4) is 0 Å². The van der Waals surface area contributed by atoms with E-state index >= 15 is 0 Å². The van der Waals surface area contributed by atoms with Crippen molar-refractivity contribution < 1.29 is 19.4 Å². The third-order valence-corrected chi connectivity index (χ3v) is 3.41. The Morgan fingerprint density at radius 1 is 1.38 bits per heavy atom. The second-order valence-corrected chi connectivity index (χ2v) is 4.95. The minimum absolute atomic E-state index is 0.0725. The zero-order valence-corrected chi connectivity index (χ0v) is 11.8. The van der Waals surface area contributed by atoms with Gasteiger partial charge in [0.25, 0.3) is 0 Å². The van der Waals surface area contributed by atoms with Crippen LogP contribution >= 0.6 is 0 Å². The van der Waals surface area contributed by atoms with Crippen molar-refractivity contribution >= 4 is 12.0 Å². The lowest BCUT2D eigenvalue weighted by molar-refractivity contribution is -0.136. The van der Waals surface area contributed by atoms with Crippen LogP contribution in [0.5, 0.6) is 0 Å². The lowest BCUT2D eigenvalue weighted by Gasteiger charge is -2.31. The normalized spacial score (nSPS) is 18.4. The molecule has 0 aliphatic carbocycles. The van der Waals surface area contributed by atoms with Gasteiger partial charge in [-0.1, -0.05) is 30.3 Å². The first-order valence-electron chi connectivity index (χ1n) is 7.07. The molecule has 1 saturated heterocycles. The number of carbonyl (C=O) groups is 2. The van der Waals surface area contributed by atoms with Crippen molar-refractivity contribution in [2.75, 3.05) is 19.7 Å². The lowest BCUT2D eigenvalue weighted by Crippen LogP contribution is -2.52. The number of rotatable bonds is 5. The van der Waals surface area contributed by atoms with Crippen molar-refractivity contribution in [3.63, 3.8) is 0 Å². The Bertz CT molecular complexity index is 476. The molecule has 1 aromatic carbocycles. The molecule has 1 heterocycles. The number of likely N-dealkylation sites (tertiary alicyclic amines) is 1. The molecule has 0 bridgehead atoms. The zero-order chi connectivity index (χ0) is 15.1. The highest BCUT2D eigenvalue weighted by Gasteiger charge is 2.29. The molecule has 1 unspecified atom stereocenters. The predicted octanol–water partition coefficient (Wildman–Crippen LogP) is 0.896. The van der Waals surface area contributed by atoms with Gasteiger partial charge in [0.15, 0.2) is 0 Å². The third kappa shape index (κ3) is 4.46. The quantitative estimate of drug-likeness (QED) is 0.845. The van der Waals surface area contributed by atoms with Gasteiger partial charge in [-0.15, -0.1) is 0 Å². The molecule has 2 amide bonds. The van der Waals surface area contributed by atoms with Gasteiger partial charge in [-0.3, -0.25) is 4.79 Å². The van der Waals surface area contributed by atoms with Crippen LogP contribution in [-0.4, -0.2) is 47.7 Å². The van der Waals surface area contributed by atoms with Gasteiger partial charge in [-0.2, -0.15) is 0 Å². The first kappa shape index (κ1) is 15.3. The second-order valence-electron chi connectivity index (χ2n) is 4.95. The van der Waals surface area contributed by atoms with E-state index in [0.717, 1.165) is 12.0 Å². The molecule has 0 spiro atoms. The van der Waals surface area contributed by atoms with E-state index in [9.17, 15) is 9.59 Å². The van der Waals surface area contributed by atoms with Crippen molar-refractivity contribution in [1.82, 2.24) is 10.2 Å². The Balaban J connectivity index is 1.80. The van der Waals surface area contributed by atoms with Gasteiger partial charge in [0, 0.05) is 13.1 Å². The molecule has 1 aliphatic rings. The van der Waals surface area contributed by atoms with E-state index < -0.39 is 12.1 Å². The molecule has 6 nitrogen and oxygen atoms in total. The summed E-state index contributed by atoms with van der Waals surface area (Å²) in [6.07, 6.45) is 0.805. The Labute approximate surface area is 123 Å². The van der Waals surface area contributed by atoms with Gasteiger partial charge in [-0.25, -0.2) is 4.79 Å². The highest BCUT2D eigenvalue weighted by Crippen LogP contribution is 2.11. The first-order chi connectivity index (χ1) is 10.2. The second kappa shape index (κ2) is 7.64. The third-order valence-electron chi connectivity index (χ3n) is 3.41. The number of carbonyl (C=O) groups excluding carboxylic acids is 2. The molecule has 0 aromatic heterocycles. The van der Waals surface area contributed by atoms with E-state index in [1.54, 1.807) is 4.90 Å². The molecule has 21 heavy (non-hydrogen) atoms. The molecule has 1 aromatic rings. The molecule has 114 valence electrons. The lowest BCUT2D eigenvalue weighted by atomic mass is 10.1. The molecule has 2 rings (SSSR count). The molecule has 2 N–H and O–H groups in total. The summed E-state index contributed by atoms with van der Waals surface area (Å²) >= 11 is 0. The minimum Gasteiger partial charge on any atom is -0.445 e. The molecular formula is C15H20N2O4. The molecule has 0 radical (unpaired) electrons. The SMILES string of the molecule is O=C(NC1CCCN(CCO)C1=O)OCc1ccccc1. The molecule has 1 atom stereocenters. The van der Waals surface area contributed by atoms with Crippen molar-refractivity contribution in [1.29, 1.82) is 0 Å². The van der Waals surface area contributed by atoms with Crippen molar-refractivity contribution in [3.8, 4) is 0 Å². The van der Waals surface area contributed by atoms with E-state index in [4.69, 9.17) is 9.84 Å². The number of amides is 2. The maximum absolute atomic E-state index is 12.1. The van der Waals surface area contributed by atoms with Gasteiger partial charge in [0.05, 0.1) is 6.61 Å². The largest absolute Gasteiger partial charge is 0.445 e. The van der Waals surface area contributed by atoms with Crippen LogP contribution in [0.15, 0.2) is 30.3 Å². The molecular weight excluding hydrogens is 272 g/mol. The molecule has 6 heteroatoms. The van der Waals surface area contributed by atoms with Gasteiger partial charge in [0.2, 0.25) is 5.91 Å². The maximum atomic E-state index is 12.1. The number of piperidine rings is 1. The van der Waals surface area contributed by atoms with Crippen LogP contribution in [0.4, 0.5) is 4.79 Å². The van der Waals surface area contributed by atoms with Gasteiger partial charge >= 0.3 is 6.09 Å². The predicted molar refractivity (Wildman–Crippen MR) is 76.5 cm³/mol.